The van der Waals surface area contributed by atoms with Crippen LogP contribution >= 0.6 is 0 Å². The Labute approximate surface area is 569 Å². The lowest BCUT2D eigenvalue weighted by atomic mass is 9.87. The van der Waals surface area contributed by atoms with Crippen LogP contribution < -0.4 is 5.32 Å². The smallest absolute Gasteiger partial charge is 0.366 e. The summed E-state index contributed by atoms with van der Waals surface area (Å²) in [6.07, 6.45) is -22.6. The zero-order chi connectivity index (χ0) is 69.4. The molecule has 1 amide bonds. The van der Waals surface area contributed by atoms with Crippen LogP contribution in [0.15, 0.2) is 182 Å². The molecule has 0 aromatic heterocycles. The molecule has 6 aromatic carbocycles. The van der Waals surface area contributed by atoms with E-state index in [0.29, 0.717) is 5.56 Å². The Balaban J connectivity index is 1.20. The van der Waals surface area contributed by atoms with E-state index in [2.05, 4.69) is 5.32 Å². The molecule has 9 rings (SSSR count). The molecular weight excluding hydrogens is 1270 g/mol. The first kappa shape index (κ1) is 73.9. The van der Waals surface area contributed by atoms with Gasteiger partial charge < -0.3 is 86.2 Å². The van der Waals surface area contributed by atoms with Crippen LogP contribution in [-0.2, 0) is 144 Å². The van der Waals surface area contributed by atoms with Crippen LogP contribution in [0, 0.1) is 0 Å². The molecule has 24 nitrogen and oxygen atoms in total. The minimum Gasteiger partial charge on any atom is -0.465 e. The second-order valence-electron chi connectivity index (χ2n) is 23.8. The molecule has 3 fully saturated rings. The van der Waals surface area contributed by atoms with Gasteiger partial charge >= 0.3 is 29.8 Å². The van der Waals surface area contributed by atoms with E-state index in [1.807, 2.05) is 158 Å². The highest BCUT2D eigenvalue weighted by molar-refractivity contribution is 5.79. The van der Waals surface area contributed by atoms with Crippen LogP contribution in [0.1, 0.15) is 74.4 Å². The number of hydrogen-bond acceptors (Lipinski definition) is 23. The van der Waals surface area contributed by atoms with Crippen molar-refractivity contribution in [2.75, 3.05) is 26.9 Å². The van der Waals surface area contributed by atoms with E-state index in [-0.39, 0.29) is 52.9 Å². The van der Waals surface area contributed by atoms with Crippen molar-refractivity contribution in [3.05, 3.63) is 215 Å². The van der Waals surface area contributed by atoms with Crippen LogP contribution in [0.25, 0.3) is 0 Å². The number of benzene rings is 6. The minimum absolute atomic E-state index is 0.00138. The van der Waals surface area contributed by atoms with Gasteiger partial charge in [-0.25, -0.2) is 4.79 Å². The largest absolute Gasteiger partial charge is 0.465 e. The zero-order valence-electron chi connectivity index (χ0n) is 55.5. The number of aliphatic hydroxyl groups excluding tert-OH is 1. The summed E-state index contributed by atoms with van der Waals surface area (Å²) in [6.45, 7) is 4.25. The number of methoxy groups -OCH3 is 1. The minimum atomic E-state index is -2.91. The molecule has 2 N–H and O–H groups in total. The summed E-state index contributed by atoms with van der Waals surface area (Å²) in [5.41, 5.74) is 4.71. The van der Waals surface area contributed by atoms with E-state index in [4.69, 9.17) is 75.8 Å². The molecule has 3 saturated heterocycles. The Morgan fingerprint density at radius 2 is 0.929 bits per heavy atom. The highest BCUT2D eigenvalue weighted by Gasteiger charge is 2.63. The maximum atomic E-state index is 15.3. The third-order valence-corrected chi connectivity index (χ3v) is 16.2. The van der Waals surface area contributed by atoms with E-state index < -0.39 is 146 Å². The van der Waals surface area contributed by atoms with Gasteiger partial charge in [-0.2, -0.15) is 0 Å². The van der Waals surface area contributed by atoms with Crippen molar-refractivity contribution >= 4 is 35.8 Å². The highest BCUT2D eigenvalue weighted by atomic mass is 16.8. The number of hydrogen-bond donors (Lipinski definition) is 2. The lowest BCUT2D eigenvalue weighted by molar-refractivity contribution is -0.394. The van der Waals surface area contributed by atoms with Crippen molar-refractivity contribution in [3.63, 3.8) is 0 Å². The van der Waals surface area contributed by atoms with Gasteiger partial charge in [0.05, 0.1) is 72.4 Å². The zero-order valence-corrected chi connectivity index (χ0v) is 55.5. The topological polar surface area (TPSA) is 282 Å². The van der Waals surface area contributed by atoms with Crippen LogP contribution in [0.4, 0.5) is 0 Å². The van der Waals surface area contributed by atoms with Gasteiger partial charge in [0.15, 0.2) is 24.8 Å². The molecular formula is C74H85NO23. The Bertz CT molecular complexity index is 3430. The molecule has 0 saturated carbocycles. The molecule has 3 aliphatic rings. The van der Waals surface area contributed by atoms with Crippen molar-refractivity contribution in [1.29, 1.82) is 0 Å². The third-order valence-electron chi connectivity index (χ3n) is 16.2. The molecule has 3 heterocycles. The quantitative estimate of drug-likeness (QED) is 0.0298. The van der Waals surface area contributed by atoms with Crippen molar-refractivity contribution < 1.29 is 110 Å². The molecule has 6 aromatic rings. The van der Waals surface area contributed by atoms with Gasteiger partial charge in [0.1, 0.15) is 67.6 Å². The maximum Gasteiger partial charge on any atom is 0.366 e. The van der Waals surface area contributed by atoms with Crippen LogP contribution in [0.5, 0.6) is 0 Å². The molecule has 16 atom stereocenters. The van der Waals surface area contributed by atoms with Crippen molar-refractivity contribution in [2.24, 2.45) is 0 Å². The van der Waals surface area contributed by atoms with Gasteiger partial charge in [-0.05, 0) is 33.4 Å². The highest BCUT2D eigenvalue weighted by Crippen LogP contribution is 2.42. The fraction of sp³-hybridized carbons (Fsp3) is 0.432. The van der Waals surface area contributed by atoms with Crippen LogP contribution in [-0.4, -0.2) is 165 Å². The van der Waals surface area contributed by atoms with E-state index in [9.17, 15) is 29.1 Å². The maximum absolute atomic E-state index is 15.3. The predicted molar refractivity (Wildman–Crippen MR) is 347 cm³/mol. The number of rotatable bonds is 33. The van der Waals surface area contributed by atoms with E-state index in [1.165, 1.54) is 0 Å². The summed E-state index contributed by atoms with van der Waals surface area (Å²) in [6, 6.07) is 54.6. The Morgan fingerprint density at radius 1 is 0.500 bits per heavy atom. The van der Waals surface area contributed by atoms with Gasteiger partial charge in [0.2, 0.25) is 5.91 Å². The van der Waals surface area contributed by atoms with Crippen molar-refractivity contribution in [1.82, 2.24) is 5.32 Å². The molecule has 0 aliphatic carbocycles. The summed E-state index contributed by atoms with van der Waals surface area (Å²) < 4.78 is 104. The third kappa shape index (κ3) is 21.3. The number of carbonyl (C=O) groups excluding carboxylic acids is 6. The first-order chi connectivity index (χ1) is 47.4. The Morgan fingerprint density at radius 3 is 1.37 bits per heavy atom. The number of carbonyl (C=O) groups is 6. The summed E-state index contributed by atoms with van der Waals surface area (Å²) in [4.78, 5) is 80.7. The number of ether oxygens (including phenoxy) is 16. The average Bonchev–Trinajstić information content (AvgIpc) is 0.739. The van der Waals surface area contributed by atoms with Crippen LogP contribution in [0.2, 0.25) is 0 Å². The van der Waals surface area contributed by atoms with E-state index >= 15 is 4.79 Å². The average molecular weight is 1360 g/mol. The first-order valence-electron chi connectivity index (χ1n) is 32.3. The first-order valence-corrected chi connectivity index (χ1v) is 32.3. The summed E-state index contributed by atoms with van der Waals surface area (Å²) in [5, 5.41) is 16.3. The number of amides is 1. The molecule has 524 valence electrons. The standard InChI is InChI=1S/C74H85NO23/c1-47(76)75-62-58(91-49(3)78)37-74(73(82)83-6,97-67(62)65(93-51(5)80)61(92-50(4)79)46-86-48(2)77)98-68-63(81)71(94-59(44-84-38-52-25-13-7-14-26-52)64(68)87-40-54-29-17-9-18-30-54)96-66-60(45-85-39-53-27-15-8-16-28-53)95-72(90-43-57-35-23-12-24-36-57)70(89-42-56-33-21-11-22-34-56)69(66)88-41-55-31-19-10-20-32-55/h7-36,58-72,81H,37-46H2,1-6H3,(H,75,76). The normalized spacial score (nSPS) is 25.9. The summed E-state index contributed by atoms with van der Waals surface area (Å²) in [5.74, 6) is -8.66. The van der Waals surface area contributed by atoms with E-state index in [0.717, 1.165) is 69.5 Å². The van der Waals surface area contributed by atoms with Gasteiger partial charge in [0, 0.05) is 34.6 Å². The molecule has 0 spiro atoms. The molecule has 0 radical (unpaired) electrons. The molecule has 3 aliphatic heterocycles. The number of nitrogens with one attached hydrogen (secondary N) is 1. The lowest BCUT2D eigenvalue weighted by Gasteiger charge is -2.52. The van der Waals surface area contributed by atoms with Gasteiger partial charge in [-0.3, -0.25) is 24.0 Å². The summed E-state index contributed by atoms with van der Waals surface area (Å²) in [7, 11) is 1.01. The fourth-order valence-electron chi connectivity index (χ4n) is 11.8. The number of esters is 5. The Hall–Kier alpha value is -8.34. The SMILES string of the molecule is COC(=O)C1(OC2C(O)C(OC3C(COCc4ccccc4)OC(OCc4ccccc4)C(OCc4ccccc4)C3OCc3ccccc3)OC(COCc3ccccc3)C2OCc2ccccc2)CC(OC(C)=O)C(NC(C)=O)C(C(OC(C)=O)C(COC(C)=O)OC(C)=O)O1. The van der Waals surface area contributed by atoms with Gasteiger partial charge in [-0.15, -0.1) is 0 Å². The van der Waals surface area contributed by atoms with E-state index in [1.54, 1.807) is 24.3 Å². The van der Waals surface area contributed by atoms with Crippen molar-refractivity contribution in [2.45, 2.75) is 178 Å². The molecule has 0 bridgehead atoms. The molecule has 98 heavy (non-hydrogen) atoms. The van der Waals surface area contributed by atoms with Crippen molar-refractivity contribution in [3.8, 4) is 0 Å². The lowest BCUT2D eigenvalue weighted by Crippen LogP contribution is -2.72. The summed E-state index contributed by atoms with van der Waals surface area (Å²) >= 11 is 0. The molecule has 24 heteroatoms. The second kappa shape index (κ2) is 37.0. The second-order valence-corrected chi connectivity index (χ2v) is 23.8. The predicted octanol–water partition coefficient (Wildman–Crippen LogP) is 7.50. The number of aliphatic hydroxyl groups is 1. The molecule has 16 unspecified atom stereocenters. The van der Waals surface area contributed by atoms with Gasteiger partial charge in [0.25, 0.3) is 5.79 Å². The fourth-order valence-corrected chi connectivity index (χ4v) is 11.8. The Kier molecular flexibility index (Phi) is 27.9. The monoisotopic (exact) mass is 1360 g/mol. The van der Waals surface area contributed by atoms with Crippen LogP contribution in [0.3, 0.4) is 0 Å². The van der Waals surface area contributed by atoms with Gasteiger partial charge in [-0.1, -0.05) is 182 Å².